The monoisotopic (exact) mass is 333 g/mol. The van der Waals surface area contributed by atoms with Crippen LogP contribution >= 0.6 is 23.5 Å². The number of imidazole rings is 1. The highest BCUT2D eigenvalue weighted by Gasteiger charge is 2.32. The van der Waals surface area contributed by atoms with Crippen molar-refractivity contribution in [1.82, 2.24) is 14.5 Å². The van der Waals surface area contributed by atoms with Crippen molar-refractivity contribution in [1.29, 1.82) is 0 Å². The predicted molar refractivity (Wildman–Crippen MR) is 92.0 cm³/mol. The van der Waals surface area contributed by atoms with Gasteiger partial charge in [-0.15, -0.1) is 23.5 Å². The van der Waals surface area contributed by atoms with E-state index in [1.807, 2.05) is 17.4 Å². The lowest BCUT2D eigenvalue weighted by Crippen LogP contribution is -2.29. The maximum Gasteiger partial charge on any atom is 0.233 e. The third-order valence-electron chi connectivity index (χ3n) is 3.74. The molecule has 6 heteroatoms. The Labute approximate surface area is 139 Å². The molecule has 4 nitrogen and oxygen atoms in total. The maximum absolute atomic E-state index is 12.2. The molecule has 116 valence electrons. The number of benzene rings is 1. The summed E-state index contributed by atoms with van der Waals surface area (Å²) in [6.45, 7) is 1.69. The molecule has 0 radical (unpaired) electrons. The maximum atomic E-state index is 12.2. The Morgan fingerprint density at radius 1 is 1.32 bits per heavy atom. The Balaban J connectivity index is 1.63. The van der Waals surface area contributed by atoms with Crippen LogP contribution < -0.4 is 0 Å². The first kappa shape index (κ1) is 15.5. The van der Waals surface area contributed by atoms with Crippen LogP contribution in [0.1, 0.15) is 17.4 Å². The van der Waals surface area contributed by atoms with Crippen LogP contribution in [0.2, 0.25) is 0 Å². The van der Waals surface area contributed by atoms with E-state index in [0.717, 1.165) is 19.5 Å². The van der Waals surface area contributed by atoms with Crippen molar-refractivity contribution < 1.29 is 4.79 Å². The molecule has 3 rings (SSSR count). The molecule has 1 saturated heterocycles. The number of carbonyl (C=O) groups is 1. The topological polar surface area (TPSA) is 38.1 Å². The van der Waals surface area contributed by atoms with Crippen molar-refractivity contribution >= 4 is 29.4 Å². The fourth-order valence-corrected chi connectivity index (χ4v) is 4.21. The van der Waals surface area contributed by atoms with Gasteiger partial charge in [-0.25, -0.2) is 4.98 Å². The Morgan fingerprint density at radius 2 is 2.14 bits per heavy atom. The molecule has 0 bridgehead atoms. The summed E-state index contributed by atoms with van der Waals surface area (Å²) in [5.41, 5.74) is 1.22. The molecule has 1 unspecified atom stereocenters. The van der Waals surface area contributed by atoms with Gasteiger partial charge in [-0.3, -0.25) is 4.79 Å². The van der Waals surface area contributed by atoms with E-state index in [2.05, 4.69) is 40.1 Å². The molecule has 0 N–H and O–H groups in total. The lowest BCUT2D eigenvalue weighted by molar-refractivity contribution is -0.128. The van der Waals surface area contributed by atoms with Crippen LogP contribution in [0.5, 0.6) is 0 Å². The summed E-state index contributed by atoms with van der Waals surface area (Å²) in [5.74, 6) is 0.828. The van der Waals surface area contributed by atoms with E-state index in [4.69, 9.17) is 0 Å². The molecule has 1 atom stereocenters. The second kappa shape index (κ2) is 7.24. The lowest BCUT2D eigenvalue weighted by Gasteiger charge is -2.24. The van der Waals surface area contributed by atoms with Gasteiger partial charge in [-0.05, 0) is 30.4 Å². The van der Waals surface area contributed by atoms with Gasteiger partial charge in [0.05, 0.1) is 12.1 Å². The van der Waals surface area contributed by atoms with Gasteiger partial charge in [-0.1, -0.05) is 12.1 Å². The average Bonchev–Trinajstić information content (AvgIpc) is 3.18. The van der Waals surface area contributed by atoms with Crippen LogP contribution in [-0.2, 0) is 11.3 Å². The van der Waals surface area contributed by atoms with E-state index in [1.165, 1.54) is 10.5 Å². The molecule has 2 aromatic rings. The van der Waals surface area contributed by atoms with Crippen LogP contribution in [0, 0.1) is 0 Å². The lowest BCUT2D eigenvalue weighted by atomic mass is 10.2. The first-order valence-electron chi connectivity index (χ1n) is 7.28. The van der Waals surface area contributed by atoms with Crippen LogP contribution in [0.4, 0.5) is 0 Å². The third-order valence-corrected chi connectivity index (χ3v) is 5.74. The van der Waals surface area contributed by atoms with E-state index >= 15 is 0 Å². The Hall–Kier alpha value is -1.40. The zero-order valence-corrected chi connectivity index (χ0v) is 14.1. The summed E-state index contributed by atoms with van der Waals surface area (Å²) in [6, 6.07) is 8.55. The zero-order valence-electron chi connectivity index (χ0n) is 12.5. The molecule has 22 heavy (non-hydrogen) atoms. The minimum Gasteiger partial charge on any atom is -0.337 e. The Morgan fingerprint density at radius 3 is 2.82 bits per heavy atom. The summed E-state index contributed by atoms with van der Waals surface area (Å²) < 4.78 is 2.05. The molecule has 1 aliphatic heterocycles. The summed E-state index contributed by atoms with van der Waals surface area (Å²) in [7, 11) is 0. The quantitative estimate of drug-likeness (QED) is 0.761. The second-order valence-corrected chi connectivity index (χ2v) is 7.13. The molecule has 1 aromatic heterocycles. The molecule has 0 aliphatic carbocycles. The number of hydrogen-bond acceptors (Lipinski definition) is 4. The van der Waals surface area contributed by atoms with E-state index in [9.17, 15) is 4.79 Å². The van der Waals surface area contributed by atoms with Gasteiger partial charge in [0.2, 0.25) is 5.91 Å². The van der Waals surface area contributed by atoms with Crippen LogP contribution in [0.3, 0.4) is 0 Å². The summed E-state index contributed by atoms with van der Waals surface area (Å²) in [6.07, 6.45) is 8.58. The number of amides is 1. The van der Waals surface area contributed by atoms with Gasteiger partial charge in [0.25, 0.3) is 0 Å². The third kappa shape index (κ3) is 3.50. The van der Waals surface area contributed by atoms with Crippen molar-refractivity contribution in [3.63, 3.8) is 0 Å². The minimum absolute atomic E-state index is 0.159. The van der Waals surface area contributed by atoms with Crippen LogP contribution in [0.15, 0.2) is 47.9 Å². The molecular weight excluding hydrogens is 314 g/mol. The Bertz CT molecular complexity index is 613. The van der Waals surface area contributed by atoms with Crippen molar-refractivity contribution in [2.24, 2.45) is 0 Å². The molecule has 0 saturated carbocycles. The normalized spacial score (nSPS) is 18.1. The fourth-order valence-electron chi connectivity index (χ4n) is 2.58. The van der Waals surface area contributed by atoms with Gasteiger partial charge in [0.1, 0.15) is 5.37 Å². The highest BCUT2D eigenvalue weighted by Crippen LogP contribution is 2.39. The second-order valence-electron chi connectivity index (χ2n) is 5.18. The van der Waals surface area contributed by atoms with E-state index < -0.39 is 0 Å². The molecule has 1 fully saturated rings. The van der Waals surface area contributed by atoms with Gasteiger partial charge < -0.3 is 9.47 Å². The number of rotatable bonds is 6. The fraction of sp³-hybridized carbons (Fsp3) is 0.375. The summed E-state index contributed by atoms with van der Waals surface area (Å²) >= 11 is 3.46. The van der Waals surface area contributed by atoms with E-state index in [-0.39, 0.29) is 11.3 Å². The standard InChI is InChI=1S/C16H19N3OS2/c1-21-14-5-3-13(4-6-14)16-19(15(20)11-22-16)9-2-8-18-10-7-17-12-18/h3-7,10,12,16H,2,8-9,11H2,1H3. The first-order valence-corrected chi connectivity index (χ1v) is 9.56. The SMILES string of the molecule is CSc1ccc(C2SCC(=O)N2CCCn2ccnc2)cc1. The number of thioether (sulfide) groups is 2. The number of hydrogen-bond donors (Lipinski definition) is 0. The summed E-state index contributed by atoms with van der Waals surface area (Å²) in [5, 5.41) is 0.159. The predicted octanol–water partition coefficient (Wildman–Crippen LogP) is 3.27. The highest BCUT2D eigenvalue weighted by molar-refractivity contribution is 8.00. The van der Waals surface area contributed by atoms with E-state index in [1.54, 1.807) is 29.7 Å². The molecule has 1 aliphatic rings. The van der Waals surface area contributed by atoms with Gasteiger partial charge in [-0.2, -0.15) is 0 Å². The summed E-state index contributed by atoms with van der Waals surface area (Å²) in [4.78, 5) is 19.5. The molecule has 1 aromatic carbocycles. The van der Waals surface area contributed by atoms with Crippen molar-refractivity contribution in [2.75, 3.05) is 18.6 Å². The Kier molecular flexibility index (Phi) is 5.10. The molecule has 2 heterocycles. The molecule has 0 spiro atoms. The van der Waals surface area contributed by atoms with Crippen molar-refractivity contribution in [2.45, 2.75) is 23.2 Å². The number of nitrogens with zero attached hydrogens (tertiary/aromatic N) is 3. The van der Waals surface area contributed by atoms with Crippen molar-refractivity contribution in [3.8, 4) is 0 Å². The minimum atomic E-state index is 0.159. The van der Waals surface area contributed by atoms with E-state index in [0.29, 0.717) is 5.75 Å². The number of aromatic nitrogens is 2. The smallest absolute Gasteiger partial charge is 0.233 e. The van der Waals surface area contributed by atoms with Gasteiger partial charge in [0, 0.05) is 30.4 Å². The number of aryl methyl sites for hydroxylation is 1. The molecule has 1 amide bonds. The van der Waals surface area contributed by atoms with Crippen molar-refractivity contribution in [3.05, 3.63) is 48.5 Å². The van der Waals surface area contributed by atoms with Crippen LogP contribution in [0.25, 0.3) is 0 Å². The number of carbonyl (C=O) groups excluding carboxylic acids is 1. The van der Waals surface area contributed by atoms with Gasteiger partial charge >= 0.3 is 0 Å². The highest BCUT2D eigenvalue weighted by atomic mass is 32.2. The zero-order chi connectivity index (χ0) is 15.4. The molecular formula is C16H19N3OS2. The first-order chi connectivity index (χ1) is 10.8. The largest absolute Gasteiger partial charge is 0.337 e. The van der Waals surface area contributed by atoms with Gasteiger partial charge in [0.15, 0.2) is 0 Å². The average molecular weight is 333 g/mol. The van der Waals surface area contributed by atoms with Crippen LogP contribution in [-0.4, -0.2) is 38.9 Å².